The minimum absolute atomic E-state index is 0.210. The molecule has 3 rings (SSSR count). The first-order chi connectivity index (χ1) is 12.1. The van der Waals surface area contributed by atoms with Gasteiger partial charge in [-0.2, -0.15) is 0 Å². The Kier molecular flexibility index (Phi) is 4.74. The number of para-hydroxylation sites is 1. The summed E-state index contributed by atoms with van der Waals surface area (Å²) < 4.78 is 24.8. The van der Waals surface area contributed by atoms with E-state index >= 15 is 0 Å². The quantitative estimate of drug-likeness (QED) is 0.897. The molecule has 2 unspecified atom stereocenters. The van der Waals surface area contributed by atoms with Gasteiger partial charge in [0.1, 0.15) is 0 Å². The highest BCUT2D eigenvalue weighted by Gasteiger charge is 2.41. The first kappa shape index (κ1) is 17.0. The van der Waals surface area contributed by atoms with Gasteiger partial charge in [0.25, 0.3) is 0 Å². The van der Waals surface area contributed by atoms with Crippen LogP contribution in [0.4, 0.5) is 10.1 Å². The van der Waals surface area contributed by atoms with Crippen molar-refractivity contribution in [2.24, 2.45) is 5.92 Å². The second-order valence-electron chi connectivity index (χ2n) is 5.87. The Bertz CT molecular complexity index is 783. The van der Waals surface area contributed by atoms with Crippen LogP contribution in [0, 0.1) is 11.7 Å². The summed E-state index contributed by atoms with van der Waals surface area (Å²) in [5, 5.41) is 9.66. The maximum Gasteiger partial charge on any atom is 0.308 e. The lowest BCUT2D eigenvalue weighted by atomic mass is 9.88. The predicted octanol–water partition coefficient (Wildman–Crippen LogP) is 2.54. The molecule has 2 heterocycles. The van der Waals surface area contributed by atoms with Gasteiger partial charge in [-0.05, 0) is 12.1 Å². The summed E-state index contributed by atoms with van der Waals surface area (Å²) in [5.41, 5.74) is 1.09. The number of rotatable bonds is 5. The predicted molar refractivity (Wildman–Crippen MR) is 89.8 cm³/mol. The number of aromatic nitrogens is 1. The molecule has 1 N–H and O–H groups in total. The molecule has 1 fully saturated rings. The van der Waals surface area contributed by atoms with E-state index in [0.29, 0.717) is 23.7 Å². The normalized spacial score (nSPS) is 19.7. The van der Waals surface area contributed by atoms with Crippen LogP contribution in [0.3, 0.4) is 0 Å². The van der Waals surface area contributed by atoms with Crippen molar-refractivity contribution in [2.75, 3.05) is 32.2 Å². The summed E-state index contributed by atoms with van der Waals surface area (Å²) in [4.78, 5) is 17.3. The number of ether oxygens (including phenoxy) is 2. The SMILES string of the molecule is COc1cccc(C2CN(c3ccncc3F)CC2C(=O)O)c1OC. The first-order valence-electron chi connectivity index (χ1n) is 7.85. The molecule has 0 radical (unpaired) electrons. The third-order valence-corrected chi connectivity index (χ3v) is 4.56. The van der Waals surface area contributed by atoms with Crippen LogP contribution < -0.4 is 14.4 Å². The number of pyridine rings is 1. The van der Waals surface area contributed by atoms with E-state index in [0.717, 1.165) is 11.8 Å². The minimum atomic E-state index is -0.924. The molecule has 6 nitrogen and oxygen atoms in total. The zero-order chi connectivity index (χ0) is 18.0. The first-order valence-corrected chi connectivity index (χ1v) is 7.85. The highest BCUT2D eigenvalue weighted by atomic mass is 19.1. The fourth-order valence-electron chi connectivity index (χ4n) is 3.39. The van der Waals surface area contributed by atoms with Gasteiger partial charge in [0.2, 0.25) is 0 Å². The van der Waals surface area contributed by atoms with E-state index < -0.39 is 17.7 Å². The van der Waals surface area contributed by atoms with Crippen molar-refractivity contribution < 1.29 is 23.8 Å². The molecule has 0 bridgehead atoms. The molecule has 1 aliphatic rings. The molecule has 0 amide bonds. The van der Waals surface area contributed by atoms with Gasteiger partial charge < -0.3 is 19.5 Å². The fraction of sp³-hybridized carbons (Fsp3) is 0.333. The summed E-state index contributed by atoms with van der Waals surface area (Å²) in [7, 11) is 3.05. The lowest BCUT2D eigenvalue weighted by Crippen LogP contribution is -2.23. The Morgan fingerprint density at radius 1 is 1.28 bits per heavy atom. The molecule has 25 heavy (non-hydrogen) atoms. The number of halogens is 1. The number of aliphatic carboxylic acids is 1. The molecule has 132 valence electrons. The third kappa shape index (κ3) is 3.09. The number of benzene rings is 1. The van der Waals surface area contributed by atoms with Gasteiger partial charge in [0.15, 0.2) is 17.3 Å². The molecule has 1 saturated heterocycles. The topological polar surface area (TPSA) is 71.9 Å². The van der Waals surface area contributed by atoms with Gasteiger partial charge in [-0.3, -0.25) is 9.78 Å². The van der Waals surface area contributed by atoms with E-state index in [1.165, 1.54) is 20.4 Å². The van der Waals surface area contributed by atoms with E-state index in [4.69, 9.17) is 9.47 Å². The van der Waals surface area contributed by atoms with Crippen molar-refractivity contribution in [3.8, 4) is 11.5 Å². The van der Waals surface area contributed by atoms with Gasteiger partial charge in [-0.25, -0.2) is 4.39 Å². The molecule has 0 saturated carbocycles. The van der Waals surface area contributed by atoms with E-state index in [9.17, 15) is 14.3 Å². The van der Waals surface area contributed by atoms with Gasteiger partial charge >= 0.3 is 5.97 Å². The van der Waals surface area contributed by atoms with Crippen LogP contribution in [0.5, 0.6) is 11.5 Å². The second kappa shape index (κ2) is 6.96. The van der Waals surface area contributed by atoms with Crippen LogP contribution in [0.1, 0.15) is 11.5 Å². The molecule has 1 aromatic heterocycles. The van der Waals surface area contributed by atoms with E-state index in [2.05, 4.69) is 4.98 Å². The Morgan fingerprint density at radius 3 is 2.72 bits per heavy atom. The highest BCUT2D eigenvalue weighted by Crippen LogP contribution is 2.43. The highest BCUT2D eigenvalue weighted by molar-refractivity contribution is 5.74. The average Bonchev–Trinajstić information content (AvgIpc) is 3.06. The molecule has 7 heteroatoms. The maximum atomic E-state index is 14.1. The Morgan fingerprint density at radius 2 is 2.08 bits per heavy atom. The largest absolute Gasteiger partial charge is 0.493 e. The van der Waals surface area contributed by atoms with Crippen LogP contribution in [0.25, 0.3) is 0 Å². The van der Waals surface area contributed by atoms with Crippen molar-refractivity contribution in [1.82, 2.24) is 4.98 Å². The zero-order valence-electron chi connectivity index (χ0n) is 14.0. The summed E-state index contributed by atoms with van der Waals surface area (Å²) in [6, 6.07) is 6.94. The van der Waals surface area contributed by atoms with Crippen LogP contribution in [0.2, 0.25) is 0 Å². The molecule has 0 aliphatic carbocycles. The molecule has 2 aromatic rings. The Hall–Kier alpha value is -2.83. The third-order valence-electron chi connectivity index (χ3n) is 4.56. The molecule has 2 atom stereocenters. The molecule has 1 aromatic carbocycles. The van der Waals surface area contributed by atoms with Crippen molar-refractivity contribution in [1.29, 1.82) is 0 Å². The van der Waals surface area contributed by atoms with Crippen molar-refractivity contribution in [3.05, 3.63) is 48.0 Å². The van der Waals surface area contributed by atoms with Gasteiger partial charge in [0, 0.05) is 30.8 Å². The van der Waals surface area contributed by atoms with Crippen LogP contribution in [0.15, 0.2) is 36.7 Å². The standard InChI is InChI=1S/C18H19FN2O4/c1-24-16-5-3-4-11(17(16)25-2)12-9-21(10-13(12)18(22)23)15-6-7-20-8-14(15)19/h3-8,12-13H,9-10H2,1-2H3,(H,22,23). The van der Waals surface area contributed by atoms with Crippen LogP contribution >= 0.6 is 0 Å². The van der Waals surface area contributed by atoms with Gasteiger partial charge in [-0.15, -0.1) is 0 Å². The second-order valence-corrected chi connectivity index (χ2v) is 5.87. The number of carbonyl (C=O) groups is 1. The molecular weight excluding hydrogens is 327 g/mol. The number of hydrogen-bond acceptors (Lipinski definition) is 5. The van der Waals surface area contributed by atoms with Gasteiger partial charge in [0.05, 0.1) is 32.0 Å². The number of nitrogens with zero attached hydrogens (tertiary/aromatic N) is 2. The smallest absolute Gasteiger partial charge is 0.308 e. The van der Waals surface area contributed by atoms with Gasteiger partial charge in [-0.1, -0.05) is 12.1 Å². The molecular formula is C18H19FN2O4. The number of carboxylic acid groups (broad SMARTS) is 1. The van der Waals surface area contributed by atoms with Crippen LogP contribution in [-0.2, 0) is 4.79 Å². The van der Waals surface area contributed by atoms with Crippen molar-refractivity contribution >= 4 is 11.7 Å². The number of carboxylic acids is 1. The average molecular weight is 346 g/mol. The Balaban J connectivity index is 2.01. The lowest BCUT2D eigenvalue weighted by molar-refractivity contribution is -0.141. The number of methoxy groups -OCH3 is 2. The van der Waals surface area contributed by atoms with Crippen LogP contribution in [-0.4, -0.2) is 43.4 Å². The van der Waals surface area contributed by atoms with Crippen molar-refractivity contribution in [2.45, 2.75) is 5.92 Å². The zero-order valence-corrected chi connectivity index (χ0v) is 14.0. The summed E-state index contributed by atoms with van der Waals surface area (Å²) in [6.07, 6.45) is 2.62. The van der Waals surface area contributed by atoms with E-state index in [-0.39, 0.29) is 12.5 Å². The minimum Gasteiger partial charge on any atom is -0.493 e. The lowest BCUT2D eigenvalue weighted by Gasteiger charge is -2.20. The summed E-state index contributed by atoms with van der Waals surface area (Å²) in [5.74, 6) is -1.38. The van der Waals surface area contributed by atoms with E-state index in [1.807, 2.05) is 6.07 Å². The number of anilines is 1. The monoisotopic (exact) mass is 346 g/mol. The number of hydrogen-bond donors (Lipinski definition) is 1. The molecule has 0 spiro atoms. The van der Waals surface area contributed by atoms with Crippen molar-refractivity contribution in [3.63, 3.8) is 0 Å². The summed E-state index contributed by atoms with van der Waals surface area (Å²) in [6.45, 7) is 0.572. The molecule has 1 aliphatic heterocycles. The summed E-state index contributed by atoms with van der Waals surface area (Å²) >= 11 is 0. The van der Waals surface area contributed by atoms with E-state index in [1.54, 1.807) is 23.1 Å². The fourth-order valence-corrected chi connectivity index (χ4v) is 3.39. The maximum absolute atomic E-state index is 14.1. The Labute approximate surface area is 144 Å².